The monoisotopic (exact) mass is 336 g/mol. The van der Waals surface area contributed by atoms with Gasteiger partial charge in [-0.05, 0) is 17.3 Å². The van der Waals surface area contributed by atoms with Crippen molar-refractivity contribution < 1.29 is 0 Å². The van der Waals surface area contributed by atoms with Crippen molar-refractivity contribution in [3.8, 4) is 11.3 Å². The second-order valence-corrected chi connectivity index (χ2v) is 8.73. The lowest BCUT2D eigenvalue weighted by atomic mass is 9.76. The molecule has 1 N–H and O–H groups in total. The molecular formula is C21H28N4. The minimum Gasteiger partial charge on any atom is -0.369 e. The standard InChI is InChI=1S/C21H28N4/c1-20(2,3)14-21(4,5)15-23-19-18(16-9-7-6-8-10-16)24-17-13-22-11-12-25(17)19/h6-13,23H,14-15H2,1-5H3. The summed E-state index contributed by atoms with van der Waals surface area (Å²) in [5.74, 6) is 1.03. The van der Waals surface area contributed by atoms with E-state index in [1.54, 1.807) is 12.4 Å². The molecule has 4 nitrogen and oxygen atoms in total. The van der Waals surface area contributed by atoms with Crippen LogP contribution in [-0.2, 0) is 0 Å². The summed E-state index contributed by atoms with van der Waals surface area (Å²) in [4.78, 5) is 9.00. The fourth-order valence-electron chi connectivity index (χ4n) is 3.69. The van der Waals surface area contributed by atoms with Crippen molar-refractivity contribution in [3.05, 3.63) is 48.9 Å². The molecule has 0 saturated heterocycles. The third kappa shape index (κ3) is 4.19. The van der Waals surface area contributed by atoms with Crippen LogP contribution >= 0.6 is 0 Å². The van der Waals surface area contributed by atoms with Crippen molar-refractivity contribution in [2.45, 2.75) is 41.0 Å². The van der Waals surface area contributed by atoms with Gasteiger partial charge in [0.05, 0.1) is 6.20 Å². The van der Waals surface area contributed by atoms with Crippen LogP contribution in [0.5, 0.6) is 0 Å². The van der Waals surface area contributed by atoms with E-state index in [-0.39, 0.29) is 5.41 Å². The number of benzene rings is 1. The molecule has 2 aromatic heterocycles. The van der Waals surface area contributed by atoms with E-state index in [9.17, 15) is 0 Å². The first-order chi connectivity index (χ1) is 11.8. The van der Waals surface area contributed by atoms with E-state index in [1.165, 1.54) is 0 Å². The quantitative estimate of drug-likeness (QED) is 0.690. The molecule has 132 valence electrons. The van der Waals surface area contributed by atoms with Gasteiger partial charge in [0.1, 0.15) is 11.5 Å². The molecule has 0 atom stereocenters. The number of nitrogens with one attached hydrogen (secondary N) is 1. The predicted molar refractivity (Wildman–Crippen MR) is 105 cm³/mol. The molecular weight excluding hydrogens is 308 g/mol. The third-order valence-corrected chi connectivity index (χ3v) is 4.22. The summed E-state index contributed by atoms with van der Waals surface area (Å²) in [5.41, 5.74) is 3.43. The minimum absolute atomic E-state index is 0.184. The Kier molecular flexibility index (Phi) is 4.55. The Labute approximate surface area is 150 Å². The van der Waals surface area contributed by atoms with Crippen LogP contribution in [0.4, 0.5) is 5.82 Å². The molecule has 1 aromatic carbocycles. The third-order valence-electron chi connectivity index (χ3n) is 4.22. The number of aromatic nitrogens is 3. The molecule has 0 radical (unpaired) electrons. The van der Waals surface area contributed by atoms with Crippen LogP contribution in [0.15, 0.2) is 48.9 Å². The summed E-state index contributed by atoms with van der Waals surface area (Å²) < 4.78 is 2.09. The van der Waals surface area contributed by atoms with Gasteiger partial charge in [-0.15, -0.1) is 0 Å². The SMILES string of the molecule is CC(C)(C)CC(C)(C)CNc1c(-c2ccccc2)nc2cnccn12. The molecule has 0 fully saturated rings. The lowest BCUT2D eigenvalue weighted by Crippen LogP contribution is -2.28. The van der Waals surface area contributed by atoms with Crippen LogP contribution < -0.4 is 5.32 Å². The van der Waals surface area contributed by atoms with Gasteiger partial charge >= 0.3 is 0 Å². The average molecular weight is 336 g/mol. The Bertz CT molecular complexity index is 841. The first-order valence-electron chi connectivity index (χ1n) is 8.87. The molecule has 0 unspecified atom stereocenters. The largest absolute Gasteiger partial charge is 0.369 e. The maximum Gasteiger partial charge on any atom is 0.157 e. The molecule has 3 aromatic rings. The van der Waals surface area contributed by atoms with Gasteiger partial charge in [0.25, 0.3) is 0 Å². The highest BCUT2D eigenvalue weighted by Gasteiger charge is 2.26. The van der Waals surface area contributed by atoms with Crippen molar-refractivity contribution in [1.29, 1.82) is 0 Å². The number of imidazole rings is 1. The number of hydrogen-bond acceptors (Lipinski definition) is 3. The zero-order chi connectivity index (χ0) is 18.1. The molecule has 0 aliphatic heterocycles. The van der Waals surface area contributed by atoms with Gasteiger partial charge in [0, 0.05) is 24.5 Å². The molecule has 0 aliphatic carbocycles. The maximum absolute atomic E-state index is 4.80. The molecule has 0 aliphatic rings. The van der Waals surface area contributed by atoms with Gasteiger partial charge in [-0.3, -0.25) is 9.38 Å². The molecule has 0 saturated carbocycles. The first kappa shape index (κ1) is 17.5. The van der Waals surface area contributed by atoms with Crippen molar-refractivity contribution in [2.24, 2.45) is 10.8 Å². The van der Waals surface area contributed by atoms with Gasteiger partial charge in [-0.1, -0.05) is 65.0 Å². The zero-order valence-electron chi connectivity index (χ0n) is 15.9. The van der Waals surface area contributed by atoms with Gasteiger partial charge in [0.2, 0.25) is 0 Å². The van der Waals surface area contributed by atoms with Crippen LogP contribution in [0, 0.1) is 10.8 Å². The number of fused-ring (bicyclic) bond motifs is 1. The number of anilines is 1. The van der Waals surface area contributed by atoms with E-state index in [1.807, 2.05) is 24.4 Å². The number of hydrogen-bond donors (Lipinski definition) is 1. The molecule has 0 bridgehead atoms. The number of rotatable bonds is 5. The van der Waals surface area contributed by atoms with Gasteiger partial charge in [-0.25, -0.2) is 4.98 Å². The van der Waals surface area contributed by atoms with E-state index < -0.39 is 0 Å². The maximum atomic E-state index is 4.80. The van der Waals surface area contributed by atoms with E-state index in [0.717, 1.165) is 35.7 Å². The molecule has 0 amide bonds. The van der Waals surface area contributed by atoms with Crippen molar-refractivity contribution in [1.82, 2.24) is 14.4 Å². The fraction of sp³-hybridized carbons (Fsp3) is 0.429. The molecule has 4 heteroatoms. The summed E-state index contributed by atoms with van der Waals surface area (Å²) >= 11 is 0. The van der Waals surface area contributed by atoms with Gasteiger partial charge in [-0.2, -0.15) is 0 Å². The summed E-state index contributed by atoms with van der Waals surface area (Å²) in [6.07, 6.45) is 6.71. The Morgan fingerprint density at radius 3 is 2.44 bits per heavy atom. The number of nitrogens with zero attached hydrogens (tertiary/aromatic N) is 3. The normalized spacial score (nSPS) is 12.5. The fourth-order valence-corrected chi connectivity index (χ4v) is 3.69. The molecule has 0 spiro atoms. The van der Waals surface area contributed by atoms with Crippen LogP contribution in [-0.4, -0.2) is 20.9 Å². The second-order valence-electron chi connectivity index (χ2n) is 8.73. The van der Waals surface area contributed by atoms with Crippen molar-refractivity contribution in [3.63, 3.8) is 0 Å². The van der Waals surface area contributed by atoms with Crippen LogP contribution in [0.25, 0.3) is 16.9 Å². The van der Waals surface area contributed by atoms with Crippen molar-refractivity contribution >= 4 is 11.5 Å². The lowest BCUT2D eigenvalue weighted by Gasteiger charge is -2.32. The Hall–Kier alpha value is -2.36. The van der Waals surface area contributed by atoms with Crippen LogP contribution in [0.2, 0.25) is 0 Å². The summed E-state index contributed by atoms with van der Waals surface area (Å²) in [6, 6.07) is 10.3. The second kappa shape index (κ2) is 6.51. The van der Waals surface area contributed by atoms with Crippen LogP contribution in [0.3, 0.4) is 0 Å². The highest BCUT2D eigenvalue weighted by Crippen LogP contribution is 2.35. The lowest BCUT2D eigenvalue weighted by molar-refractivity contribution is 0.225. The van der Waals surface area contributed by atoms with E-state index in [2.05, 4.69) is 61.5 Å². The molecule has 3 rings (SSSR count). The highest BCUT2D eigenvalue weighted by atomic mass is 15.1. The zero-order valence-corrected chi connectivity index (χ0v) is 15.9. The summed E-state index contributed by atoms with van der Waals surface area (Å²) in [6.45, 7) is 12.4. The Morgan fingerprint density at radius 1 is 1.04 bits per heavy atom. The minimum atomic E-state index is 0.184. The first-order valence-corrected chi connectivity index (χ1v) is 8.87. The van der Waals surface area contributed by atoms with E-state index in [0.29, 0.717) is 5.41 Å². The Balaban J connectivity index is 1.95. The average Bonchev–Trinajstić information content (AvgIpc) is 2.90. The Morgan fingerprint density at radius 2 is 1.76 bits per heavy atom. The smallest absolute Gasteiger partial charge is 0.157 e. The van der Waals surface area contributed by atoms with Crippen LogP contribution in [0.1, 0.15) is 41.0 Å². The summed E-state index contributed by atoms with van der Waals surface area (Å²) in [7, 11) is 0. The van der Waals surface area contributed by atoms with E-state index >= 15 is 0 Å². The van der Waals surface area contributed by atoms with Gasteiger partial charge < -0.3 is 5.32 Å². The molecule has 25 heavy (non-hydrogen) atoms. The predicted octanol–water partition coefficient (Wildman–Crippen LogP) is 5.27. The van der Waals surface area contributed by atoms with Gasteiger partial charge in [0.15, 0.2) is 5.65 Å². The topological polar surface area (TPSA) is 42.2 Å². The summed E-state index contributed by atoms with van der Waals surface area (Å²) in [5, 5.41) is 3.67. The van der Waals surface area contributed by atoms with Crippen molar-refractivity contribution in [2.75, 3.05) is 11.9 Å². The highest BCUT2D eigenvalue weighted by molar-refractivity contribution is 5.76. The molecule has 2 heterocycles. The van der Waals surface area contributed by atoms with E-state index in [4.69, 9.17) is 4.98 Å².